The van der Waals surface area contributed by atoms with Crippen LogP contribution in [-0.4, -0.2) is 34.3 Å². The number of aliphatic hydroxyl groups is 1. The zero-order chi connectivity index (χ0) is 20.8. The Hall–Kier alpha value is -1.75. The Morgan fingerprint density at radius 2 is 1.90 bits per heavy atom. The summed E-state index contributed by atoms with van der Waals surface area (Å²) in [4.78, 5) is 10.6. The zero-order valence-corrected chi connectivity index (χ0v) is 17.6. The smallest absolute Gasteiger partial charge is 0.303 e. The molecule has 4 nitrogen and oxygen atoms in total. The van der Waals surface area contributed by atoms with Crippen molar-refractivity contribution in [2.45, 2.75) is 43.6 Å². The molecule has 2 aromatic carbocycles. The summed E-state index contributed by atoms with van der Waals surface area (Å²) < 4.78 is 6.11. The van der Waals surface area contributed by atoms with Gasteiger partial charge < -0.3 is 14.9 Å². The topological polar surface area (TPSA) is 66.8 Å². The summed E-state index contributed by atoms with van der Waals surface area (Å²) in [6, 6.07) is 11.5. The van der Waals surface area contributed by atoms with Gasteiger partial charge >= 0.3 is 5.97 Å². The number of carbonyl (C=O) groups is 1. The van der Waals surface area contributed by atoms with Crippen LogP contribution in [0.5, 0.6) is 5.75 Å². The highest BCUT2D eigenvalue weighted by Gasteiger charge is 2.41. The van der Waals surface area contributed by atoms with Crippen molar-refractivity contribution >= 4 is 39.9 Å². The van der Waals surface area contributed by atoms with Crippen molar-refractivity contribution in [1.29, 1.82) is 0 Å². The Kier molecular flexibility index (Phi) is 7.82. The van der Waals surface area contributed by atoms with Crippen LogP contribution in [0.1, 0.15) is 32.1 Å². The number of fused-ring (bicyclic) bond motifs is 1. The summed E-state index contributed by atoms with van der Waals surface area (Å²) in [7, 11) is 0. The molecule has 0 aliphatic heterocycles. The molecule has 3 rings (SSSR count). The molecule has 1 fully saturated rings. The van der Waals surface area contributed by atoms with Crippen molar-refractivity contribution < 1.29 is 19.7 Å². The van der Waals surface area contributed by atoms with E-state index in [1.54, 1.807) is 0 Å². The SMILES string of the molecule is O=C(O)CCC/C=C\C[C@@H]1[C@H](COc2ccc(Cl)c3ccccc23)[C@H](O)C[C@H]1Cl. The van der Waals surface area contributed by atoms with Gasteiger partial charge in [-0.3, -0.25) is 4.79 Å². The lowest BCUT2D eigenvalue weighted by Crippen LogP contribution is -2.27. The normalized spacial score (nSPS) is 24.4. The van der Waals surface area contributed by atoms with Gasteiger partial charge in [-0.15, -0.1) is 11.6 Å². The van der Waals surface area contributed by atoms with Gasteiger partial charge in [0.15, 0.2) is 0 Å². The average molecular weight is 437 g/mol. The number of alkyl halides is 1. The number of carboxylic acid groups (broad SMARTS) is 1. The molecule has 0 heterocycles. The number of halogens is 2. The Bertz CT molecular complexity index is 867. The van der Waals surface area contributed by atoms with E-state index in [0.717, 1.165) is 29.4 Å². The van der Waals surface area contributed by atoms with Crippen LogP contribution in [0.3, 0.4) is 0 Å². The van der Waals surface area contributed by atoms with Gasteiger partial charge in [0.05, 0.1) is 12.7 Å². The molecule has 1 aliphatic carbocycles. The largest absolute Gasteiger partial charge is 0.493 e. The number of ether oxygens (including phenoxy) is 1. The van der Waals surface area contributed by atoms with Gasteiger partial charge in [0.25, 0.3) is 0 Å². The number of hydrogen-bond donors (Lipinski definition) is 2. The molecule has 6 heteroatoms. The Balaban J connectivity index is 1.62. The quantitative estimate of drug-likeness (QED) is 0.301. The van der Waals surface area contributed by atoms with Gasteiger partial charge in [-0.2, -0.15) is 0 Å². The van der Waals surface area contributed by atoms with E-state index in [0.29, 0.717) is 24.5 Å². The van der Waals surface area contributed by atoms with E-state index in [-0.39, 0.29) is 23.6 Å². The molecule has 0 saturated heterocycles. The monoisotopic (exact) mass is 436 g/mol. The van der Waals surface area contributed by atoms with E-state index in [2.05, 4.69) is 0 Å². The maximum Gasteiger partial charge on any atom is 0.303 e. The third-order valence-electron chi connectivity index (χ3n) is 5.57. The van der Waals surface area contributed by atoms with Crippen LogP contribution in [0.4, 0.5) is 0 Å². The molecule has 0 bridgehead atoms. The third kappa shape index (κ3) is 5.65. The molecule has 1 aliphatic rings. The third-order valence-corrected chi connectivity index (χ3v) is 6.41. The minimum Gasteiger partial charge on any atom is -0.493 e. The second-order valence-corrected chi connectivity index (χ2v) is 8.51. The number of unbranched alkanes of at least 4 members (excludes halogenated alkanes) is 1. The fourth-order valence-electron chi connectivity index (χ4n) is 3.98. The molecule has 0 amide bonds. The van der Waals surface area contributed by atoms with Crippen molar-refractivity contribution in [1.82, 2.24) is 0 Å². The summed E-state index contributed by atoms with van der Waals surface area (Å²) in [6.07, 6.45) is 6.37. The highest BCUT2D eigenvalue weighted by Crippen LogP contribution is 2.40. The molecule has 0 spiro atoms. The Morgan fingerprint density at radius 3 is 2.66 bits per heavy atom. The van der Waals surface area contributed by atoms with Crippen molar-refractivity contribution in [3.63, 3.8) is 0 Å². The van der Waals surface area contributed by atoms with Gasteiger partial charge in [-0.25, -0.2) is 0 Å². The summed E-state index contributed by atoms with van der Waals surface area (Å²) in [5, 5.41) is 21.6. The molecule has 2 aromatic rings. The number of hydrogen-bond acceptors (Lipinski definition) is 3. The molecular formula is C23H26Cl2O4. The van der Waals surface area contributed by atoms with Crippen LogP contribution in [0.2, 0.25) is 5.02 Å². The summed E-state index contributed by atoms with van der Waals surface area (Å²) >= 11 is 12.8. The van der Waals surface area contributed by atoms with E-state index in [1.165, 1.54) is 0 Å². The average Bonchev–Trinajstić information content (AvgIpc) is 2.96. The second kappa shape index (κ2) is 10.3. The summed E-state index contributed by atoms with van der Waals surface area (Å²) in [6.45, 7) is 0.382. The van der Waals surface area contributed by atoms with Gasteiger partial charge in [0, 0.05) is 33.5 Å². The van der Waals surface area contributed by atoms with Crippen LogP contribution in [0.15, 0.2) is 48.6 Å². The summed E-state index contributed by atoms with van der Waals surface area (Å²) in [5.41, 5.74) is 0. The zero-order valence-electron chi connectivity index (χ0n) is 16.1. The first-order valence-corrected chi connectivity index (χ1v) is 10.8. The van der Waals surface area contributed by atoms with Gasteiger partial charge in [0.2, 0.25) is 0 Å². The maximum atomic E-state index is 10.6. The first-order chi connectivity index (χ1) is 14.0. The van der Waals surface area contributed by atoms with Crippen molar-refractivity contribution in [3.8, 4) is 5.75 Å². The number of carboxylic acids is 1. The predicted octanol–water partition coefficient (Wildman–Crippen LogP) is 5.68. The fourth-order valence-corrected chi connectivity index (χ4v) is 4.68. The molecular weight excluding hydrogens is 411 g/mol. The van der Waals surface area contributed by atoms with Crippen molar-refractivity contribution in [2.24, 2.45) is 11.8 Å². The van der Waals surface area contributed by atoms with Gasteiger partial charge in [-0.1, -0.05) is 48.0 Å². The number of aliphatic hydroxyl groups excluding tert-OH is 1. The molecule has 29 heavy (non-hydrogen) atoms. The predicted molar refractivity (Wildman–Crippen MR) is 117 cm³/mol. The lowest BCUT2D eigenvalue weighted by molar-refractivity contribution is -0.137. The summed E-state index contributed by atoms with van der Waals surface area (Å²) in [5.74, 6) is 0.0276. The fraction of sp³-hybridized carbons (Fsp3) is 0.435. The van der Waals surface area contributed by atoms with Gasteiger partial charge in [-0.05, 0) is 43.7 Å². The van der Waals surface area contributed by atoms with Crippen molar-refractivity contribution in [3.05, 3.63) is 53.6 Å². The number of benzene rings is 2. The standard InChI is InChI=1S/C23H26Cl2O4/c24-19-11-12-22(17-9-6-5-8-15(17)19)29-14-18-16(20(25)13-21(18)26)7-3-1-2-4-10-23(27)28/h1,3,5-6,8-9,11-12,16,18,20-21,26H,2,4,7,10,13-14H2,(H,27,28)/b3-1-/t16-,18+,20-,21-/m1/s1. The minimum absolute atomic E-state index is 0.0596. The molecule has 0 aromatic heterocycles. The molecule has 4 atom stereocenters. The van der Waals surface area contributed by atoms with Crippen LogP contribution in [0, 0.1) is 11.8 Å². The van der Waals surface area contributed by atoms with Crippen LogP contribution >= 0.6 is 23.2 Å². The van der Waals surface area contributed by atoms with E-state index in [9.17, 15) is 9.90 Å². The molecule has 156 valence electrons. The molecule has 1 saturated carbocycles. The van der Waals surface area contributed by atoms with E-state index in [1.807, 2.05) is 48.6 Å². The van der Waals surface area contributed by atoms with Crippen molar-refractivity contribution in [2.75, 3.05) is 6.61 Å². The number of allylic oxidation sites excluding steroid dienone is 2. The lowest BCUT2D eigenvalue weighted by Gasteiger charge is -2.23. The first-order valence-electron chi connectivity index (χ1n) is 9.96. The number of rotatable bonds is 9. The molecule has 2 N–H and O–H groups in total. The Morgan fingerprint density at radius 1 is 1.14 bits per heavy atom. The van der Waals surface area contributed by atoms with Crippen LogP contribution < -0.4 is 4.74 Å². The van der Waals surface area contributed by atoms with Crippen LogP contribution in [-0.2, 0) is 4.79 Å². The van der Waals surface area contributed by atoms with Gasteiger partial charge in [0.1, 0.15) is 5.75 Å². The second-order valence-electron chi connectivity index (χ2n) is 7.54. The maximum absolute atomic E-state index is 10.6. The highest BCUT2D eigenvalue weighted by molar-refractivity contribution is 6.35. The number of aliphatic carboxylic acids is 1. The molecule has 0 radical (unpaired) electrons. The van der Waals surface area contributed by atoms with E-state index in [4.69, 9.17) is 33.0 Å². The lowest BCUT2D eigenvalue weighted by atomic mass is 9.92. The van der Waals surface area contributed by atoms with Crippen LogP contribution in [0.25, 0.3) is 10.8 Å². The van der Waals surface area contributed by atoms with E-state index < -0.39 is 12.1 Å². The molecule has 0 unspecified atom stereocenters. The van der Waals surface area contributed by atoms with E-state index >= 15 is 0 Å². The minimum atomic E-state index is -0.773. The first kappa shape index (κ1) is 21.9. The Labute approximate surface area is 181 Å². The highest BCUT2D eigenvalue weighted by atomic mass is 35.5.